The number of rotatable bonds is 5. The van der Waals surface area contributed by atoms with E-state index in [1.54, 1.807) is 11.3 Å². The Bertz CT molecular complexity index is 997. The molecule has 1 aliphatic carbocycles. The van der Waals surface area contributed by atoms with Crippen molar-refractivity contribution in [3.63, 3.8) is 0 Å². The lowest BCUT2D eigenvalue weighted by atomic mass is 9.86. The van der Waals surface area contributed by atoms with Crippen LogP contribution in [-0.2, 0) is 11.3 Å². The Morgan fingerprint density at radius 3 is 2.58 bits per heavy atom. The van der Waals surface area contributed by atoms with E-state index >= 15 is 0 Å². The molecule has 2 fully saturated rings. The first kappa shape index (κ1) is 22.9. The van der Waals surface area contributed by atoms with Crippen LogP contribution in [0.2, 0.25) is 0 Å². The minimum atomic E-state index is -0.882. The molecule has 33 heavy (non-hydrogen) atoms. The van der Waals surface area contributed by atoms with Crippen molar-refractivity contribution < 1.29 is 9.59 Å². The number of hydrogen-bond donors (Lipinski definition) is 1. The van der Waals surface area contributed by atoms with E-state index in [1.807, 2.05) is 17.9 Å². The van der Waals surface area contributed by atoms with E-state index in [1.165, 1.54) is 25.7 Å². The standard InChI is InChI=1S/C26H38N4O2S/c1-19-7-9-20(10-8-19)27-25(32)26(2)18-29-21-11-16-33-23(21)17-22(29)24(31)30(26)15-14-28-12-5-3-4-6-13-28/h11,16-17,19-20H,3-10,12-15,18H2,1-2H3,(H,27,32). The average molecular weight is 471 g/mol. The molecular weight excluding hydrogens is 432 g/mol. The highest BCUT2D eigenvalue weighted by Crippen LogP contribution is 2.35. The van der Waals surface area contributed by atoms with E-state index in [4.69, 9.17) is 0 Å². The van der Waals surface area contributed by atoms with Crippen LogP contribution >= 0.6 is 11.3 Å². The molecule has 7 heteroatoms. The number of aromatic nitrogens is 1. The van der Waals surface area contributed by atoms with Crippen molar-refractivity contribution >= 4 is 33.4 Å². The summed E-state index contributed by atoms with van der Waals surface area (Å²) in [7, 11) is 0. The molecule has 0 spiro atoms. The maximum absolute atomic E-state index is 13.8. The van der Waals surface area contributed by atoms with Crippen molar-refractivity contribution in [3.8, 4) is 0 Å². The molecule has 2 aromatic rings. The van der Waals surface area contributed by atoms with Crippen LogP contribution < -0.4 is 5.32 Å². The average Bonchev–Trinajstić information content (AvgIpc) is 3.29. The lowest BCUT2D eigenvalue weighted by Gasteiger charge is -2.45. The number of carbonyl (C=O) groups is 2. The number of likely N-dealkylation sites (tertiary alicyclic amines) is 1. The third kappa shape index (κ3) is 4.46. The summed E-state index contributed by atoms with van der Waals surface area (Å²) in [6, 6.07) is 4.31. The lowest BCUT2D eigenvalue weighted by molar-refractivity contribution is -0.134. The van der Waals surface area contributed by atoms with Crippen LogP contribution in [0, 0.1) is 5.92 Å². The van der Waals surface area contributed by atoms with Gasteiger partial charge in [-0.15, -0.1) is 11.3 Å². The molecule has 0 bridgehead atoms. The quantitative estimate of drug-likeness (QED) is 0.701. The number of hydrogen-bond acceptors (Lipinski definition) is 4. The number of nitrogens with one attached hydrogen (secondary N) is 1. The Hall–Kier alpha value is -1.86. The van der Waals surface area contributed by atoms with Gasteiger partial charge in [0.15, 0.2) is 0 Å². The van der Waals surface area contributed by atoms with Crippen LogP contribution in [-0.4, -0.2) is 63.9 Å². The molecule has 0 radical (unpaired) electrons. The maximum Gasteiger partial charge on any atom is 0.271 e. The van der Waals surface area contributed by atoms with Gasteiger partial charge in [0, 0.05) is 19.1 Å². The molecule has 3 aliphatic rings. The van der Waals surface area contributed by atoms with Gasteiger partial charge in [-0.2, -0.15) is 0 Å². The highest BCUT2D eigenvalue weighted by atomic mass is 32.1. The minimum absolute atomic E-state index is 0.00520. The topological polar surface area (TPSA) is 57.6 Å². The number of amides is 2. The first-order valence-corrected chi connectivity index (χ1v) is 13.8. The second-order valence-electron chi connectivity index (χ2n) is 10.7. The zero-order valence-corrected chi connectivity index (χ0v) is 21.0. The number of carbonyl (C=O) groups excluding carboxylic acids is 2. The summed E-state index contributed by atoms with van der Waals surface area (Å²) in [5.74, 6) is 0.743. The molecule has 0 aromatic carbocycles. The SMILES string of the molecule is CC1CCC(NC(=O)C2(C)Cn3c(cc4sccc43)C(=O)N2CCN2CCCCCC2)CC1. The Morgan fingerprint density at radius 2 is 1.85 bits per heavy atom. The van der Waals surface area contributed by atoms with Crippen molar-refractivity contribution in [3.05, 3.63) is 23.2 Å². The predicted molar refractivity (Wildman–Crippen MR) is 134 cm³/mol. The molecule has 2 aliphatic heterocycles. The molecule has 1 saturated carbocycles. The summed E-state index contributed by atoms with van der Waals surface area (Å²) in [5.41, 5.74) is 0.915. The fourth-order valence-electron chi connectivity index (χ4n) is 5.97. The Labute approximate surface area is 201 Å². The van der Waals surface area contributed by atoms with Gasteiger partial charge in [0.05, 0.1) is 16.8 Å². The van der Waals surface area contributed by atoms with Gasteiger partial charge in [-0.25, -0.2) is 0 Å². The third-order valence-electron chi connectivity index (χ3n) is 8.23. The molecule has 1 N–H and O–H groups in total. The Balaban J connectivity index is 1.40. The first-order valence-electron chi connectivity index (χ1n) is 12.9. The summed E-state index contributed by atoms with van der Waals surface area (Å²) in [4.78, 5) is 32.0. The molecule has 180 valence electrons. The molecule has 2 aromatic heterocycles. The molecule has 1 saturated heterocycles. The molecular formula is C26H38N4O2S. The summed E-state index contributed by atoms with van der Waals surface area (Å²) >= 11 is 1.66. The normalized spacial score (nSPS) is 29.2. The van der Waals surface area contributed by atoms with E-state index in [9.17, 15) is 9.59 Å². The van der Waals surface area contributed by atoms with Crippen LogP contribution in [0.15, 0.2) is 17.5 Å². The molecule has 6 nitrogen and oxygen atoms in total. The van der Waals surface area contributed by atoms with Crippen molar-refractivity contribution in [1.82, 2.24) is 19.7 Å². The highest BCUT2D eigenvalue weighted by molar-refractivity contribution is 7.17. The van der Waals surface area contributed by atoms with Crippen molar-refractivity contribution in [2.45, 2.75) is 83.3 Å². The van der Waals surface area contributed by atoms with E-state index in [2.05, 4.69) is 33.2 Å². The van der Waals surface area contributed by atoms with Gasteiger partial charge in [-0.3, -0.25) is 9.59 Å². The van der Waals surface area contributed by atoms with E-state index in [0.717, 1.165) is 67.1 Å². The monoisotopic (exact) mass is 470 g/mol. The second kappa shape index (κ2) is 9.41. The van der Waals surface area contributed by atoms with Gasteiger partial charge >= 0.3 is 0 Å². The predicted octanol–water partition coefficient (Wildman–Crippen LogP) is 4.49. The van der Waals surface area contributed by atoms with Crippen LogP contribution in [0.3, 0.4) is 0 Å². The van der Waals surface area contributed by atoms with Gasteiger partial charge in [0.1, 0.15) is 11.2 Å². The molecule has 4 heterocycles. The zero-order valence-electron chi connectivity index (χ0n) is 20.1. The van der Waals surface area contributed by atoms with Crippen LogP contribution in [0.5, 0.6) is 0 Å². The number of thiophene rings is 1. The van der Waals surface area contributed by atoms with Crippen molar-refractivity contribution in [2.24, 2.45) is 5.92 Å². The van der Waals surface area contributed by atoms with E-state index in [0.29, 0.717) is 13.1 Å². The highest BCUT2D eigenvalue weighted by Gasteiger charge is 2.48. The number of nitrogens with zero attached hydrogens (tertiary/aromatic N) is 3. The van der Waals surface area contributed by atoms with Gasteiger partial charge in [-0.05, 0) is 82.0 Å². The van der Waals surface area contributed by atoms with E-state index < -0.39 is 5.54 Å². The van der Waals surface area contributed by atoms with Gasteiger partial charge in [0.25, 0.3) is 5.91 Å². The number of fused-ring (bicyclic) bond motifs is 3. The van der Waals surface area contributed by atoms with Crippen molar-refractivity contribution in [1.29, 1.82) is 0 Å². The van der Waals surface area contributed by atoms with Gasteiger partial charge in [0.2, 0.25) is 5.91 Å². The maximum atomic E-state index is 13.8. The summed E-state index contributed by atoms with van der Waals surface area (Å²) in [5, 5.41) is 5.42. The molecule has 5 rings (SSSR count). The Kier molecular flexibility index (Phi) is 6.54. The van der Waals surface area contributed by atoms with Crippen LogP contribution in [0.25, 0.3) is 10.2 Å². The van der Waals surface area contributed by atoms with Gasteiger partial charge in [-0.1, -0.05) is 19.8 Å². The van der Waals surface area contributed by atoms with Crippen LogP contribution in [0.4, 0.5) is 0 Å². The lowest BCUT2D eigenvalue weighted by Crippen LogP contribution is -2.65. The molecule has 1 atom stereocenters. The van der Waals surface area contributed by atoms with Crippen molar-refractivity contribution in [2.75, 3.05) is 26.2 Å². The summed E-state index contributed by atoms with van der Waals surface area (Å²) in [6.45, 7) is 8.42. The zero-order chi connectivity index (χ0) is 23.0. The fraction of sp³-hybridized carbons (Fsp3) is 0.692. The van der Waals surface area contributed by atoms with E-state index in [-0.39, 0.29) is 17.9 Å². The summed E-state index contributed by atoms with van der Waals surface area (Å²) < 4.78 is 3.20. The van der Waals surface area contributed by atoms with Gasteiger partial charge < -0.3 is 19.7 Å². The first-order chi connectivity index (χ1) is 16.0. The minimum Gasteiger partial charge on any atom is -0.351 e. The molecule has 1 unspecified atom stereocenters. The second-order valence-corrected chi connectivity index (χ2v) is 11.7. The molecule has 2 amide bonds. The smallest absolute Gasteiger partial charge is 0.271 e. The largest absolute Gasteiger partial charge is 0.351 e. The van der Waals surface area contributed by atoms with Crippen LogP contribution in [0.1, 0.15) is 75.7 Å². The summed E-state index contributed by atoms with van der Waals surface area (Å²) in [6.07, 6.45) is 9.44. The Morgan fingerprint density at radius 1 is 1.12 bits per heavy atom. The third-order valence-corrected chi connectivity index (χ3v) is 9.08. The fourth-order valence-corrected chi connectivity index (χ4v) is 6.79.